The number of carbonyl (C=O) groups excluding carboxylic acids is 2. The van der Waals surface area contributed by atoms with Gasteiger partial charge in [0.2, 0.25) is 0 Å². The number of benzene rings is 1. The van der Waals surface area contributed by atoms with Crippen molar-refractivity contribution >= 4 is 52.2 Å². The number of hydrogen-bond acceptors (Lipinski definition) is 7. The number of aliphatic carboxylic acids is 1. The normalized spacial score (nSPS) is 15.1. The van der Waals surface area contributed by atoms with Crippen LogP contribution in [-0.2, 0) is 14.4 Å². The minimum Gasteiger partial charge on any atom is -0.493 e. The minimum absolute atomic E-state index is 0.124. The number of nitrogens with two attached hydrogens (primary N) is 1. The van der Waals surface area contributed by atoms with Crippen LogP contribution in [0.2, 0.25) is 0 Å². The van der Waals surface area contributed by atoms with Crippen molar-refractivity contribution in [3.05, 3.63) is 28.7 Å². The van der Waals surface area contributed by atoms with Crippen molar-refractivity contribution in [2.24, 2.45) is 5.73 Å². The van der Waals surface area contributed by atoms with E-state index in [9.17, 15) is 14.4 Å². The lowest BCUT2D eigenvalue weighted by atomic mass is 10.1. The van der Waals surface area contributed by atoms with Gasteiger partial charge in [0, 0.05) is 13.0 Å². The summed E-state index contributed by atoms with van der Waals surface area (Å²) >= 11 is 6.52. The predicted molar refractivity (Wildman–Crippen MR) is 114 cm³/mol. The number of carboxylic acids is 1. The highest BCUT2D eigenvalue weighted by atomic mass is 32.2. The predicted octanol–water partition coefficient (Wildman–Crippen LogP) is 2.41. The van der Waals surface area contributed by atoms with E-state index in [1.807, 2.05) is 0 Å². The Morgan fingerprint density at radius 1 is 1.28 bits per heavy atom. The summed E-state index contributed by atoms with van der Waals surface area (Å²) in [6.07, 6.45) is 3.81. The molecule has 1 fully saturated rings. The van der Waals surface area contributed by atoms with Crippen molar-refractivity contribution in [3.63, 3.8) is 0 Å². The highest BCUT2D eigenvalue weighted by Crippen LogP contribution is 2.35. The summed E-state index contributed by atoms with van der Waals surface area (Å²) in [5.41, 5.74) is 5.80. The summed E-state index contributed by atoms with van der Waals surface area (Å²) in [6.45, 7) is 0.200. The van der Waals surface area contributed by atoms with E-state index in [2.05, 4.69) is 0 Å². The van der Waals surface area contributed by atoms with Crippen LogP contribution in [0.1, 0.15) is 31.2 Å². The average Bonchev–Trinajstić information content (AvgIpc) is 2.93. The third kappa shape index (κ3) is 6.75. The lowest BCUT2D eigenvalue weighted by molar-refractivity contribution is -0.137. The maximum atomic E-state index is 12.6. The monoisotopic (exact) mass is 438 g/mol. The molecule has 0 unspecified atom stereocenters. The average molecular weight is 439 g/mol. The second kappa shape index (κ2) is 10.8. The largest absolute Gasteiger partial charge is 0.493 e. The van der Waals surface area contributed by atoms with Crippen LogP contribution in [-0.4, -0.2) is 52.4 Å². The lowest BCUT2D eigenvalue weighted by Gasteiger charge is -2.13. The third-order valence-electron chi connectivity index (χ3n) is 4.00. The van der Waals surface area contributed by atoms with Crippen LogP contribution >= 0.6 is 24.0 Å². The van der Waals surface area contributed by atoms with Gasteiger partial charge in [-0.15, -0.1) is 0 Å². The van der Waals surface area contributed by atoms with Gasteiger partial charge in [-0.05, 0) is 36.6 Å². The van der Waals surface area contributed by atoms with Crippen molar-refractivity contribution < 1.29 is 29.0 Å². The Morgan fingerprint density at radius 3 is 2.69 bits per heavy atom. The molecular formula is C19H22N2O6S2. The molecular weight excluding hydrogens is 416 g/mol. The number of unbranched alkanes of at least 4 members (excludes halogenated alkanes) is 2. The van der Waals surface area contributed by atoms with Crippen molar-refractivity contribution in [2.45, 2.75) is 25.7 Å². The Morgan fingerprint density at radius 2 is 2.03 bits per heavy atom. The van der Waals surface area contributed by atoms with Gasteiger partial charge in [-0.25, -0.2) is 0 Å². The quantitative estimate of drug-likeness (QED) is 0.307. The van der Waals surface area contributed by atoms with E-state index in [1.165, 1.54) is 23.8 Å². The molecule has 0 saturated carbocycles. The molecule has 1 aromatic carbocycles. The van der Waals surface area contributed by atoms with Gasteiger partial charge in [0.05, 0.1) is 12.0 Å². The number of nitrogens with zero attached hydrogens (tertiary/aromatic N) is 1. The van der Waals surface area contributed by atoms with E-state index in [1.54, 1.807) is 24.3 Å². The first-order valence-corrected chi connectivity index (χ1v) is 10.1. The molecule has 2 rings (SSSR count). The number of ether oxygens (including phenoxy) is 2. The Kier molecular flexibility index (Phi) is 8.47. The van der Waals surface area contributed by atoms with E-state index in [4.69, 9.17) is 32.5 Å². The third-order valence-corrected chi connectivity index (χ3v) is 5.38. The van der Waals surface area contributed by atoms with Gasteiger partial charge in [-0.3, -0.25) is 19.3 Å². The highest BCUT2D eigenvalue weighted by Gasteiger charge is 2.31. The summed E-state index contributed by atoms with van der Waals surface area (Å²) in [7, 11) is 1.47. The molecule has 3 N–H and O–H groups in total. The van der Waals surface area contributed by atoms with Crippen molar-refractivity contribution in [2.75, 3.05) is 20.3 Å². The van der Waals surface area contributed by atoms with Crippen LogP contribution in [0.4, 0.5) is 0 Å². The Labute approximate surface area is 178 Å². The van der Waals surface area contributed by atoms with E-state index < -0.39 is 11.9 Å². The molecule has 1 saturated heterocycles. The number of amides is 2. The summed E-state index contributed by atoms with van der Waals surface area (Å²) in [4.78, 5) is 36.1. The molecule has 1 aromatic rings. The number of thioether (sulfide) groups is 1. The Hall–Kier alpha value is -2.59. The summed E-state index contributed by atoms with van der Waals surface area (Å²) in [5, 5.41) is 8.66. The first-order valence-electron chi connectivity index (χ1n) is 8.88. The Balaban J connectivity index is 2.02. The van der Waals surface area contributed by atoms with Gasteiger partial charge in [-0.1, -0.05) is 36.5 Å². The molecule has 0 bridgehead atoms. The van der Waals surface area contributed by atoms with Crippen LogP contribution in [0.15, 0.2) is 23.1 Å². The molecule has 10 heteroatoms. The van der Waals surface area contributed by atoms with Gasteiger partial charge < -0.3 is 20.3 Å². The van der Waals surface area contributed by atoms with Gasteiger partial charge >= 0.3 is 5.97 Å². The topological polar surface area (TPSA) is 119 Å². The molecule has 1 heterocycles. The van der Waals surface area contributed by atoms with Crippen molar-refractivity contribution in [3.8, 4) is 11.5 Å². The standard InChI is InChI=1S/C19H22N2O6S2/c1-26-14-9-12(6-7-13(14)27-11-16(20)22)10-15-18(25)21(19(28)29-15)8-4-2-3-5-17(23)24/h6-7,9-10H,2-5,8,11H2,1H3,(H2,20,22)(H,23,24)/b15-10-. The fourth-order valence-electron chi connectivity index (χ4n) is 2.61. The molecule has 0 radical (unpaired) electrons. The first kappa shape index (κ1) is 22.7. The molecule has 156 valence electrons. The number of carboxylic acid groups (broad SMARTS) is 1. The van der Waals surface area contributed by atoms with Crippen LogP contribution in [0, 0.1) is 0 Å². The Bertz CT molecular complexity index is 840. The second-order valence-electron chi connectivity index (χ2n) is 6.20. The molecule has 0 aromatic heterocycles. The number of hydrogen-bond donors (Lipinski definition) is 2. The molecule has 2 amide bonds. The van der Waals surface area contributed by atoms with Crippen LogP contribution in [0.25, 0.3) is 6.08 Å². The first-order chi connectivity index (χ1) is 13.8. The second-order valence-corrected chi connectivity index (χ2v) is 7.88. The molecule has 1 aliphatic heterocycles. The number of methoxy groups -OCH3 is 1. The highest BCUT2D eigenvalue weighted by molar-refractivity contribution is 8.26. The lowest BCUT2D eigenvalue weighted by Crippen LogP contribution is -2.29. The number of carbonyl (C=O) groups is 3. The van der Waals surface area contributed by atoms with E-state index in [0.29, 0.717) is 46.5 Å². The number of thiocarbonyl (C=S) groups is 1. The van der Waals surface area contributed by atoms with Crippen LogP contribution in [0.5, 0.6) is 11.5 Å². The molecule has 0 atom stereocenters. The molecule has 1 aliphatic rings. The zero-order valence-corrected chi connectivity index (χ0v) is 17.5. The van der Waals surface area contributed by atoms with Gasteiger partial charge in [-0.2, -0.15) is 0 Å². The van der Waals surface area contributed by atoms with Crippen molar-refractivity contribution in [1.29, 1.82) is 0 Å². The van der Waals surface area contributed by atoms with Crippen LogP contribution < -0.4 is 15.2 Å². The van der Waals surface area contributed by atoms with Crippen molar-refractivity contribution in [1.82, 2.24) is 4.90 Å². The fourth-order valence-corrected chi connectivity index (χ4v) is 3.92. The van der Waals surface area contributed by atoms with Gasteiger partial charge in [0.1, 0.15) is 4.32 Å². The summed E-state index contributed by atoms with van der Waals surface area (Å²) in [5.74, 6) is -0.805. The van der Waals surface area contributed by atoms with E-state index >= 15 is 0 Å². The SMILES string of the molecule is COc1cc(/C=C2\SC(=S)N(CCCCCC(=O)O)C2=O)ccc1OCC(N)=O. The van der Waals surface area contributed by atoms with Crippen LogP contribution in [0.3, 0.4) is 0 Å². The molecule has 0 aliphatic carbocycles. The fraction of sp³-hybridized carbons (Fsp3) is 0.368. The molecule has 8 nitrogen and oxygen atoms in total. The maximum Gasteiger partial charge on any atom is 0.303 e. The van der Waals surface area contributed by atoms with E-state index in [0.717, 1.165) is 5.56 Å². The molecule has 0 spiro atoms. The summed E-state index contributed by atoms with van der Waals surface area (Å²) in [6, 6.07) is 5.06. The van der Waals surface area contributed by atoms with E-state index in [-0.39, 0.29) is 18.9 Å². The number of primary amides is 1. The molecule has 29 heavy (non-hydrogen) atoms. The zero-order chi connectivity index (χ0) is 21.4. The van der Waals surface area contributed by atoms with Gasteiger partial charge in [0.25, 0.3) is 11.8 Å². The summed E-state index contributed by atoms with van der Waals surface area (Å²) < 4.78 is 11.0. The minimum atomic E-state index is -0.819. The van der Waals surface area contributed by atoms with Gasteiger partial charge in [0.15, 0.2) is 18.1 Å². The number of rotatable bonds is 11. The zero-order valence-electron chi connectivity index (χ0n) is 15.9. The maximum absolute atomic E-state index is 12.6. The smallest absolute Gasteiger partial charge is 0.303 e.